The van der Waals surface area contributed by atoms with E-state index in [1.807, 2.05) is 11.8 Å². The molecule has 1 unspecified atom stereocenters. The summed E-state index contributed by atoms with van der Waals surface area (Å²) in [5, 5.41) is 0.572. The summed E-state index contributed by atoms with van der Waals surface area (Å²) in [5.41, 5.74) is 6.76. The van der Waals surface area contributed by atoms with Crippen LogP contribution in [-0.2, 0) is 0 Å². The molecule has 0 amide bonds. The van der Waals surface area contributed by atoms with Gasteiger partial charge in [-0.1, -0.05) is 26.0 Å². The fourth-order valence-corrected chi connectivity index (χ4v) is 1.29. The molecular weight excluding hydrogens is 142 g/mol. The number of hydrogen-bond donors (Lipinski definition) is 1. The molecule has 0 rings (SSSR count). The monoisotopic (exact) mass is 159 g/mol. The number of thioether (sulfide) groups is 1. The molecule has 1 nitrogen and oxygen atoms in total. The highest BCUT2D eigenvalue weighted by molar-refractivity contribution is 8.00. The third-order valence-corrected chi connectivity index (χ3v) is 2.74. The van der Waals surface area contributed by atoms with Gasteiger partial charge in [0.05, 0.1) is 0 Å². The summed E-state index contributed by atoms with van der Waals surface area (Å²) < 4.78 is 0. The van der Waals surface area contributed by atoms with Gasteiger partial charge in [-0.05, 0) is 6.42 Å². The van der Waals surface area contributed by atoms with Crippen molar-refractivity contribution in [3.63, 3.8) is 0 Å². The number of hydrogen-bond acceptors (Lipinski definition) is 2. The van der Waals surface area contributed by atoms with Gasteiger partial charge >= 0.3 is 0 Å². The normalized spacial score (nSPS) is 13.1. The first-order valence-corrected chi connectivity index (χ1v) is 4.73. The third-order valence-electron chi connectivity index (χ3n) is 1.40. The molecule has 0 aliphatic heterocycles. The molecule has 0 aromatic heterocycles. The molecule has 60 valence electrons. The fourth-order valence-electron chi connectivity index (χ4n) is 0.430. The van der Waals surface area contributed by atoms with Crippen molar-refractivity contribution < 1.29 is 0 Å². The van der Waals surface area contributed by atoms with Gasteiger partial charge in [0.2, 0.25) is 0 Å². The molecule has 1 atom stereocenters. The van der Waals surface area contributed by atoms with Crippen LogP contribution in [0.5, 0.6) is 0 Å². The van der Waals surface area contributed by atoms with Crippen molar-refractivity contribution in [2.75, 3.05) is 12.3 Å². The summed E-state index contributed by atoms with van der Waals surface area (Å²) in [4.78, 5) is 0. The highest BCUT2D eigenvalue weighted by Gasteiger charge is 1.98. The molecule has 0 bridgehead atoms. The van der Waals surface area contributed by atoms with E-state index in [-0.39, 0.29) is 0 Å². The van der Waals surface area contributed by atoms with Gasteiger partial charge in [-0.2, -0.15) is 11.8 Å². The van der Waals surface area contributed by atoms with Crippen LogP contribution in [0.1, 0.15) is 20.3 Å². The molecule has 0 heterocycles. The van der Waals surface area contributed by atoms with E-state index >= 15 is 0 Å². The predicted molar refractivity (Wildman–Crippen MR) is 50.4 cm³/mol. The zero-order valence-corrected chi connectivity index (χ0v) is 7.71. The summed E-state index contributed by atoms with van der Waals surface area (Å²) in [6, 6.07) is 0. The minimum absolute atomic E-state index is 0.572. The molecule has 0 fully saturated rings. The van der Waals surface area contributed by atoms with Crippen LogP contribution in [0.25, 0.3) is 0 Å². The van der Waals surface area contributed by atoms with Gasteiger partial charge in [0.1, 0.15) is 0 Å². The van der Waals surface area contributed by atoms with Crippen molar-refractivity contribution in [1.29, 1.82) is 0 Å². The van der Waals surface area contributed by atoms with Gasteiger partial charge in [0.15, 0.2) is 0 Å². The van der Waals surface area contributed by atoms with Crippen LogP contribution in [0.4, 0.5) is 0 Å². The number of rotatable bonds is 5. The van der Waals surface area contributed by atoms with Gasteiger partial charge in [-0.25, -0.2) is 0 Å². The van der Waals surface area contributed by atoms with Crippen molar-refractivity contribution in [1.82, 2.24) is 0 Å². The van der Waals surface area contributed by atoms with Crippen LogP contribution in [0, 0.1) is 0 Å². The van der Waals surface area contributed by atoms with E-state index < -0.39 is 0 Å². The molecule has 0 aromatic rings. The van der Waals surface area contributed by atoms with Gasteiger partial charge in [-0.3, -0.25) is 0 Å². The topological polar surface area (TPSA) is 26.0 Å². The Hall–Kier alpha value is 0.0500. The van der Waals surface area contributed by atoms with Crippen molar-refractivity contribution in [3.8, 4) is 0 Å². The van der Waals surface area contributed by atoms with Gasteiger partial charge in [-0.15, -0.1) is 0 Å². The lowest BCUT2D eigenvalue weighted by molar-refractivity contribution is 0.951. The van der Waals surface area contributed by atoms with E-state index in [2.05, 4.69) is 20.4 Å². The molecule has 0 radical (unpaired) electrons. The summed E-state index contributed by atoms with van der Waals surface area (Å²) >= 11 is 1.88. The second-order valence-corrected chi connectivity index (χ2v) is 3.89. The molecule has 0 saturated carbocycles. The smallest absolute Gasteiger partial charge is 0.0145 e. The summed E-state index contributed by atoms with van der Waals surface area (Å²) in [7, 11) is 0. The number of nitrogens with two attached hydrogens (primary N) is 1. The van der Waals surface area contributed by atoms with Crippen LogP contribution >= 0.6 is 11.8 Å². The zero-order valence-electron chi connectivity index (χ0n) is 6.89. The Morgan fingerprint density at radius 1 is 1.70 bits per heavy atom. The maximum absolute atomic E-state index is 5.45. The first-order chi connectivity index (χ1) is 4.70. The average molecular weight is 159 g/mol. The van der Waals surface area contributed by atoms with E-state index in [0.717, 1.165) is 18.7 Å². The highest BCUT2D eigenvalue weighted by Crippen LogP contribution is 2.13. The van der Waals surface area contributed by atoms with Crippen LogP contribution in [0.15, 0.2) is 12.2 Å². The lowest BCUT2D eigenvalue weighted by Crippen LogP contribution is -2.13. The minimum Gasteiger partial charge on any atom is -0.329 e. The maximum atomic E-state index is 5.45. The van der Waals surface area contributed by atoms with Gasteiger partial charge in [0, 0.05) is 17.5 Å². The quantitative estimate of drug-likeness (QED) is 0.621. The molecule has 0 aliphatic carbocycles. The van der Waals surface area contributed by atoms with Crippen molar-refractivity contribution in [2.24, 2.45) is 5.73 Å². The Bertz CT molecular complexity index is 101. The van der Waals surface area contributed by atoms with E-state index in [0.29, 0.717) is 5.25 Å². The lowest BCUT2D eigenvalue weighted by Gasteiger charge is -2.07. The van der Waals surface area contributed by atoms with Crippen molar-refractivity contribution in [3.05, 3.63) is 12.2 Å². The lowest BCUT2D eigenvalue weighted by atomic mass is 10.3. The second-order valence-electron chi connectivity index (χ2n) is 2.46. The van der Waals surface area contributed by atoms with Crippen molar-refractivity contribution in [2.45, 2.75) is 25.5 Å². The average Bonchev–Trinajstić information content (AvgIpc) is 1.99. The summed E-state index contributed by atoms with van der Waals surface area (Å²) in [6.45, 7) is 8.96. The largest absolute Gasteiger partial charge is 0.329 e. The summed E-state index contributed by atoms with van der Waals surface area (Å²) in [5.74, 6) is 1.06. The Balaban J connectivity index is 3.26. The molecule has 0 spiro atoms. The first kappa shape index (κ1) is 10.0. The van der Waals surface area contributed by atoms with Crippen LogP contribution < -0.4 is 5.73 Å². The van der Waals surface area contributed by atoms with E-state index in [1.165, 1.54) is 5.57 Å². The highest BCUT2D eigenvalue weighted by atomic mass is 32.2. The Morgan fingerprint density at radius 3 is 2.70 bits per heavy atom. The van der Waals surface area contributed by atoms with Crippen LogP contribution in [0.3, 0.4) is 0 Å². The molecule has 2 N–H and O–H groups in total. The molecular formula is C8H17NS. The predicted octanol–water partition coefficient (Wildman–Crippen LogP) is 2.03. The molecule has 0 saturated heterocycles. The first-order valence-electron chi connectivity index (χ1n) is 3.69. The Morgan fingerprint density at radius 2 is 2.30 bits per heavy atom. The van der Waals surface area contributed by atoms with Gasteiger partial charge < -0.3 is 5.73 Å². The van der Waals surface area contributed by atoms with E-state index in [9.17, 15) is 0 Å². The van der Waals surface area contributed by atoms with Crippen molar-refractivity contribution >= 4 is 11.8 Å². The molecule has 10 heavy (non-hydrogen) atoms. The SMILES string of the molecule is C=C(CC)CSC(C)CN. The molecule has 2 heteroatoms. The third kappa shape index (κ3) is 4.89. The van der Waals surface area contributed by atoms with Gasteiger partial charge in [0.25, 0.3) is 0 Å². The Labute approximate surface area is 68.1 Å². The second kappa shape index (κ2) is 5.81. The Kier molecular flexibility index (Phi) is 5.84. The fraction of sp³-hybridized carbons (Fsp3) is 0.750. The molecule has 0 aromatic carbocycles. The minimum atomic E-state index is 0.572. The maximum Gasteiger partial charge on any atom is 0.0145 e. The standard InChI is InChI=1S/C8H17NS/c1-4-7(2)6-10-8(3)5-9/h8H,2,4-6,9H2,1,3H3. The van der Waals surface area contributed by atoms with Crippen LogP contribution in [0.2, 0.25) is 0 Å². The zero-order chi connectivity index (χ0) is 7.98. The molecule has 0 aliphatic rings. The van der Waals surface area contributed by atoms with E-state index in [4.69, 9.17) is 5.73 Å². The summed E-state index contributed by atoms with van der Waals surface area (Å²) in [6.07, 6.45) is 1.09. The van der Waals surface area contributed by atoms with Crippen LogP contribution in [-0.4, -0.2) is 17.5 Å². The van der Waals surface area contributed by atoms with E-state index in [1.54, 1.807) is 0 Å².